The number of hydrogen-bond donors (Lipinski definition) is 0. The van der Waals surface area contributed by atoms with Crippen LogP contribution >= 0.6 is 0 Å². The molecule has 3 heterocycles. The second-order valence-corrected chi connectivity index (χ2v) is 12.2. The van der Waals surface area contributed by atoms with Crippen LogP contribution in [0, 0.1) is 0 Å². The highest BCUT2D eigenvalue weighted by molar-refractivity contribution is 6.05. The molecule has 3 aromatic rings. The van der Waals surface area contributed by atoms with Crippen molar-refractivity contribution in [1.29, 1.82) is 0 Å². The molecule has 6 rings (SSSR count). The van der Waals surface area contributed by atoms with Gasteiger partial charge in [0.15, 0.2) is 0 Å². The molecule has 224 valence electrons. The summed E-state index contributed by atoms with van der Waals surface area (Å²) in [5.41, 5.74) is 2.37. The van der Waals surface area contributed by atoms with E-state index in [-0.39, 0.29) is 29.6 Å². The summed E-state index contributed by atoms with van der Waals surface area (Å²) in [7, 11) is 0. The molecule has 0 saturated carbocycles. The first-order valence-corrected chi connectivity index (χ1v) is 14.9. The molecule has 7 nitrogen and oxygen atoms in total. The molecule has 1 aromatic heterocycles. The van der Waals surface area contributed by atoms with Gasteiger partial charge in [-0.05, 0) is 62.9 Å². The molecule has 2 aliphatic heterocycles. The molecule has 0 bridgehead atoms. The van der Waals surface area contributed by atoms with Gasteiger partial charge in [-0.25, -0.2) is 0 Å². The fourth-order valence-corrected chi connectivity index (χ4v) is 7.26. The van der Waals surface area contributed by atoms with E-state index in [9.17, 15) is 18.0 Å². The number of benzene rings is 2. The molecule has 3 atom stereocenters. The largest absolute Gasteiger partial charge is 0.416 e. The molecular weight excluding hydrogens is 543 g/mol. The maximum Gasteiger partial charge on any atom is 0.416 e. The van der Waals surface area contributed by atoms with E-state index >= 15 is 0 Å². The smallest absolute Gasteiger partial charge is 0.376 e. The first kappa shape index (κ1) is 29.0. The van der Waals surface area contributed by atoms with E-state index in [1.54, 1.807) is 12.3 Å². The van der Waals surface area contributed by atoms with Crippen molar-refractivity contribution in [1.82, 2.24) is 24.9 Å². The molecule has 42 heavy (non-hydrogen) atoms. The lowest BCUT2D eigenvalue weighted by molar-refractivity contribution is -0.137. The molecule has 0 radical (unpaired) electrons. The lowest BCUT2D eigenvalue weighted by Gasteiger charge is -2.53. The van der Waals surface area contributed by atoms with Crippen LogP contribution in [-0.4, -0.2) is 87.8 Å². The van der Waals surface area contributed by atoms with Gasteiger partial charge in [0, 0.05) is 62.7 Å². The van der Waals surface area contributed by atoms with E-state index in [1.165, 1.54) is 12.1 Å². The molecule has 2 aromatic carbocycles. The van der Waals surface area contributed by atoms with E-state index in [2.05, 4.69) is 33.8 Å². The number of nitrogens with zero attached hydrogens (tertiary/aromatic N) is 5. The molecule has 1 aliphatic carbocycles. The molecule has 0 unspecified atom stereocenters. The summed E-state index contributed by atoms with van der Waals surface area (Å²) >= 11 is 0. The molecule has 2 fully saturated rings. The second kappa shape index (κ2) is 11.2. The predicted molar refractivity (Wildman–Crippen MR) is 154 cm³/mol. The first-order valence-electron chi connectivity index (χ1n) is 14.9. The predicted octanol–water partition coefficient (Wildman–Crippen LogP) is 5.35. The fourth-order valence-electron chi connectivity index (χ4n) is 7.26. The number of hydrogen-bond acceptors (Lipinski definition) is 6. The minimum Gasteiger partial charge on any atom is -0.376 e. The number of rotatable bonds is 5. The quantitative estimate of drug-likeness (QED) is 0.405. The zero-order valence-electron chi connectivity index (χ0n) is 24.4. The number of fused-ring (bicyclic) bond motifs is 2. The Balaban J connectivity index is 1.13. The van der Waals surface area contributed by atoms with Gasteiger partial charge in [-0.15, -0.1) is 0 Å². The van der Waals surface area contributed by atoms with Crippen molar-refractivity contribution in [3.63, 3.8) is 0 Å². The number of alkyl halides is 3. The molecule has 3 aliphatic rings. The Hall–Kier alpha value is -3.08. The van der Waals surface area contributed by atoms with Gasteiger partial charge in [0.05, 0.1) is 35.0 Å². The average molecular weight is 582 g/mol. The Morgan fingerprint density at radius 1 is 1.10 bits per heavy atom. The summed E-state index contributed by atoms with van der Waals surface area (Å²) in [6, 6.07) is 11.9. The minimum atomic E-state index is -4.36. The van der Waals surface area contributed by atoms with E-state index < -0.39 is 11.7 Å². The first-order chi connectivity index (χ1) is 20.1. The van der Waals surface area contributed by atoms with Gasteiger partial charge >= 0.3 is 6.18 Å². The molecule has 0 N–H and O–H groups in total. The Labute approximate surface area is 244 Å². The highest BCUT2D eigenvalue weighted by Crippen LogP contribution is 2.43. The molecule has 0 spiro atoms. The average Bonchev–Trinajstić information content (AvgIpc) is 3.33. The highest BCUT2D eigenvalue weighted by Gasteiger charge is 2.45. The Morgan fingerprint density at radius 2 is 1.86 bits per heavy atom. The topological polar surface area (TPSA) is 61.8 Å². The molecular formula is C32H38F3N5O2. The number of aromatic nitrogens is 2. The zero-order valence-corrected chi connectivity index (χ0v) is 24.4. The van der Waals surface area contributed by atoms with Crippen molar-refractivity contribution in [3.05, 3.63) is 70.9 Å². The van der Waals surface area contributed by atoms with Crippen LogP contribution in [0.2, 0.25) is 0 Å². The van der Waals surface area contributed by atoms with Gasteiger partial charge in [-0.1, -0.05) is 24.3 Å². The third kappa shape index (κ3) is 5.29. The molecule has 2 saturated heterocycles. The second-order valence-electron chi connectivity index (χ2n) is 12.2. The van der Waals surface area contributed by atoms with E-state index in [0.29, 0.717) is 37.2 Å². The minimum absolute atomic E-state index is 0.00289. The monoisotopic (exact) mass is 581 g/mol. The lowest BCUT2D eigenvalue weighted by atomic mass is 9.86. The maximum absolute atomic E-state index is 13.5. The van der Waals surface area contributed by atoms with Crippen LogP contribution in [0.15, 0.2) is 48.7 Å². The van der Waals surface area contributed by atoms with Crippen LogP contribution in [0.1, 0.15) is 66.7 Å². The number of carbonyl (C=O) groups excluding carboxylic acids is 1. The van der Waals surface area contributed by atoms with Crippen molar-refractivity contribution in [3.8, 4) is 0 Å². The van der Waals surface area contributed by atoms with E-state index in [1.807, 2.05) is 36.1 Å². The number of ether oxygens (including phenoxy) is 1. The number of carbonyl (C=O) groups is 1. The number of likely N-dealkylation sites (tertiary alicyclic amines) is 1. The van der Waals surface area contributed by atoms with E-state index in [0.717, 1.165) is 49.0 Å². The Morgan fingerprint density at radius 3 is 2.57 bits per heavy atom. The van der Waals surface area contributed by atoms with Crippen LogP contribution in [0.5, 0.6) is 0 Å². The summed E-state index contributed by atoms with van der Waals surface area (Å²) in [5, 5.41) is 9.03. The third-order valence-electron chi connectivity index (χ3n) is 9.65. The van der Waals surface area contributed by atoms with Crippen LogP contribution in [0.3, 0.4) is 0 Å². The Kier molecular flexibility index (Phi) is 7.74. The van der Waals surface area contributed by atoms with Gasteiger partial charge in [0.2, 0.25) is 0 Å². The van der Waals surface area contributed by atoms with Crippen molar-refractivity contribution in [2.45, 2.75) is 69.9 Å². The number of piperazine rings is 1. The summed E-state index contributed by atoms with van der Waals surface area (Å²) in [6.07, 6.45) is -0.710. The van der Waals surface area contributed by atoms with Gasteiger partial charge in [0.25, 0.3) is 5.91 Å². The van der Waals surface area contributed by atoms with Crippen molar-refractivity contribution >= 4 is 16.8 Å². The SMILES string of the molecule is CCO[C@@H]1Cc2cc(C(F)(F)F)ccc2[C@H]1N1CCN(C2(C)CCN(C(=O)c3cnnc4ccccc34)CC2)C[C@@H]1C. The zero-order chi connectivity index (χ0) is 29.6. The summed E-state index contributed by atoms with van der Waals surface area (Å²) in [5.74, 6) is -0.00289. The van der Waals surface area contributed by atoms with Gasteiger partial charge in [-0.2, -0.15) is 23.4 Å². The lowest BCUT2D eigenvalue weighted by Crippen LogP contribution is -2.62. The number of amides is 1. The maximum atomic E-state index is 13.5. The van der Waals surface area contributed by atoms with Gasteiger partial charge < -0.3 is 9.64 Å². The number of halogens is 3. The van der Waals surface area contributed by atoms with Crippen LogP contribution in [0.4, 0.5) is 13.2 Å². The van der Waals surface area contributed by atoms with Crippen LogP contribution in [0.25, 0.3) is 10.9 Å². The highest BCUT2D eigenvalue weighted by atomic mass is 19.4. The van der Waals surface area contributed by atoms with Crippen molar-refractivity contribution < 1.29 is 22.7 Å². The fraction of sp³-hybridized carbons (Fsp3) is 0.531. The third-order valence-corrected chi connectivity index (χ3v) is 9.65. The van der Waals surface area contributed by atoms with Crippen molar-refractivity contribution in [2.75, 3.05) is 39.3 Å². The summed E-state index contributed by atoms with van der Waals surface area (Å²) in [4.78, 5) is 20.4. The van der Waals surface area contributed by atoms with Crippen LogP contribution < -0.4 is 0 Å². The van der Waals surface area contributed by atoms with Crippen LogP contribution in [-0.2, 0) is 17.3 Å². The molecule has 1 amide bonds. The van der Waals surface area contributed by atoms with Gasteiger partial charge in [-0.3, -0.25) is 14.6 Å². The molecule has 10 heteroatoms. The normalized spacial score (nSPS) is 25.1. The van der Waals surface area contributed by atoms with E-state index in [4.69, 9.17) is 4.74 Å². The summed E-state index contributed by atoms with van der Waals surface area (Å²) in [6.45, 7) is 10.8. The van der Waals surface area contributed by atoms with Crippen molar-refractivity contribution in [2.24, 2.45) is 0 Å². The van der Waals surface area contributed by atoms with Gasteiger partial charge in [0.1, 0.15) is 0 Å². The number of piperidine rings is 1. The standard InChI is InChI=1S/C32H38F3N5O2/c1-4-42-28-18-22-17-23(32(33,34)35)9-10-24(22)29(28)40-16-15-39(20-21(40)2)31(3)11-13-38(14-12-31)30(41)26-19-36-37-27-8-6-5-7-25(26)27/h5-10,17,19,21,28-29H,4,11-16,18,20H2,1-3H3/t21-,28+,29+/m0/s1. The summed E-state index contributed by atoms with van der Waals surface area (Å²) < 4.78 is 46.3. The Bertz CT molecular complexity index is 1450.